The summed E-state index contributed by atoms with van der Waals surface area (Å²) in [6.45, 7) is 3.48. The molecule has 0 radical (unpaired) electrons. The second kappa shape index (κ2) is 9.96. The van der Waals surface area contributed by atoms with Crippen LogP contribution in [0.5, 0.6) is 5.75 Å². The molecule has 2 heterocycles. The number of oxazole rings is 1. The molecule has 2 aromatic carbocycles. The van der Waals surface area contributed by atoms with Crippen molar-refractivity contribution < 1.29 is 18.7 Å². The number of benzene rings is 2. The van der Waals surface area contributed by atoms with Gasteiger partial charge in [0.15, 0.2) is 11.7 Å². The molecule has 1 aliphatic rings. The van der Waals surface area contributed by atoms with Gasteiger partial charge in [-0.25, -0.2) is 9.37 Å². The Morgan fingerprint density at radius 1 is 1.25 bits per heavy atom. The fourth-order valence-corrected chi connectivity index (χ4v) is 4.21. The van der Waals surface area contributed by atoms with Gasteiger partial charge in [-0.2, -0.15) is 0 Å². The quantitative estimate of drug-likeness (QED) is 0.497. The highest BCUT2D eigenvalue weighted by Crippen LogP contribution is 2.39. The Morgan fingerprint density at radius 3 is 2.91 bits per heavy atom. The normalized spacial score (nSPS) is 16.5. The second-order valence-electron chi connectivity index (χ2n) is 8.28. The highest BCUT2D eigenvalue weighted by molar-refractivity contribution is 5.89. The van der Waals surface area contributed by atoms with Crippen LogP contribution in [0.3, 0.4) is 0 Å². The number of phenolic OH excluding ortho intramolecular Hbond substituents is 1. The van der Waals surface area contributed by atoms with Crippen molar-refractivity contribution in [2.24, 2.45) is 5.92 Å². The monoisotopic (exact) mass is 437 g/mol. The van der Waals surface area contributed by atoms with Crippen molar-refractivity contribution in [3.05, 3.63) is 54.3 Å². The number of para-hydroxylation sites is 1. The van der Waals surface area contributed by atoms with Gasteiger partial charge in [0.2, 0.25) is 5.91 Å². The van der Waals surface area contributed by atoms with Crippen LogP contribution in [-0.4, -0.2) is 29.1 Å². The molecule has 168 valence electrons. The van der Waals surface area contributed by atoms with Crippen LogP contribution in [0.4, 0.5) is 10.1 Å². The summed E-state index contributed by atoms with van der Waals surface area (Å²) in [5.74, 6) is 0.894. The number of nitrogens with one attached hydrogen (secondary N) is 2. The van der Waals surface area contributed by atoms with Gasteiger partial charge < -0.3 is 20.2 Å². The van der Waals surface area contributed by atoms with E-state index < -0.39 is 5.82 Å². The smallest absolute Gasteiger partial charge is 0.221 e. The Hall–Kier alpha value is -3.19. The third-order valence-corrected chi connectivity index (χ3v) is 5.91. The van der Waals surface area contributed by atoms with E-state index in [1.54, 1.807) is 30.5 Å². The van der Waals surface area contributed by atoms with Crippen molar-refractivity contribution in [3.63, 3.8) is 0 Å². The average Bonchev–Trinajstić information content (AvgIpc) is 3.08. The Labute approximate surface area is 186 Å². The second-order valence-corrected chi connectivity index (χ2v) is 8.28. The number of anilines is 1. The molecule has 6 nitrogen and oxygen atoms in total. The molecule has 1 atom stereocenters. The minimum atomic E-state index is -0.571. The highest BCUT2D eigenvalue weighted by atomic mass is 19.1. The van der Waals surface area contributed by atoms with E-state index in [-0.39, 0.29) is 17.3 Å². The first-order valence-electron chi connectivity index (χ1n) is 11.1. The van der Waals surface area contributed by atoms with Crippen LogP contribution in [0, 0.1) is 11.7 Å². The van der Waals surface area contributed by atoms with Crippen LogP contribution in [-0.2, 0) is 11.2 Å². The molecule has 1 unspecified atom stereocenters. The van der Waals surface area contributed by atoms with E-state index in [9.17, 15) is 14.3 Å². The number of hydrogen-bond acceptors (Lipinski definition) is 5. The van der Waals surface area contributed by atoms with Crippen LogP contribution in [0.25, 0.3) is 22.5 Å². The fourth-order valence-electron chi connectivity index (χ4n) is 4.21. The van der Waals surface area contributed by atoms with Gasteiger partial charge in [-0.1, -0.05) is 18.2 Å². The van der Waals surface area contributed by atoms with E-state index in [0.29, 0.717) is 34.3 Å². The summed E-state index contributed by atoms with van der Waals surface area (Å²) < 4.78 is 20.3. The van der Waals surface area contributed by atoms with E-state index in [1.807, 2.05) is 0 Å². The summed E-state index contributed by atoms with van der Waals surface area (Å²) in [6, 6.07) is 9.67. The number of phenols is 1. The molecule has 1 aliphatic heterocycles. The maximum absolute atomic E-state index is 14.4. The van der Waals surface area contributed by atoms with Gasteiger partial charge in [0.25, 0.3) is 0 Å². The first-order chi connectivity index (χ1) is 15.5. The summed E-state index contributed by atoms with van der Waals surface area (Å²) in [4.78, 5) is 15.6. The molecule has 1 amide bonds. The highest BCUT2D eigenvalue weighted by Gasteiger charge is 2.17. The lowest BCUT2D eigenvalue weighted by Crippen LogP contribution is -2.14. The summed E-state index contributed by atoms with van der Waals surface area (Å²) >= 11 is 0. The van der Waals surface area contributed by atoms with Gasteiger partial charge >= 0.3 is 0 Å². The number of aryl methyl sites for hydroxylation is 1. The van der Waals surface area contributed by atoms with Crippen LogP contribution in [0.2, 0.25) is 0 Å². The number of carbonyl (C=O) groups excluding carboxylic acids is 1. The van der Waals surface area contributed by atoms with Gasteiger partial charge in [-0.15, -0.1) is 0 Å². The molecule has 3 aromatic rings. The van der Waals surface area contributed by atoms with Gasteiger partial charge in [0, 0.05) is 18.9 Å². The zero-order chi connectivity index (χ0) is 22.5. The maximum atomic E-state index is 14.4. The van der Waals surface area contributed by atoms with Crippen molar-refractivity contribution in [2.75, 3.05) is 18.4 Å². The molecule has 3 N–H and O–H groups in total. The predicted molar refractivity (Wildman–Crippen MR) is 122 cm³/mol. The summed E-state index contributed by atoms with van der Waals surface area (Å²) in [7, 11) is 0. The summed E-state index contributed by atoms with van der Waals surface area (Å²) in [6.07, 6.45) is 7.03. The van der Waals surface area contributed by atoms with Gasteiger partial charge in [-0.05, 0) is 68.5 Å². The summed E-state index contributed by atoms with van der Waals surface area (Å²) in [5, 5.41) is 16.8. The lowest BCUT2D eigenvalue weighted by Gasteiger charge is -2.11. The molecule has 0 bridgehead atoms. The van der Waals surface area contributed by atoms with Crippen molar-refractivity contribution >= 4 is 11.6 Å². The zero-order valence-electron chi connectivity index (χ0n) is 18.2. The fraction of sp³-hybridized carbons (Fsp3) is 0.360. The zero-order valence-corrected chi connectivity index (χ0v) is 18.2. The molecule has 0 spiro atoms. The Balaban J connectivity index is 1.51. The standard InChI is InChI=1S/C25H28FN3O3/c1-16(30)29-22-9-8-18(14-21(22)26)19-5-2-6-20(25(19)31)23-15-28-24(32-23)10-7-17-4-3-12-27-13-11-17/h2,5-6,8-9,14-15,17,27,31H,3-4,7,10-13H2,1H3,(H,29,30). The molecule has 0 saturated carbocycles. The molecular formula is C25H28FN3O3. The lowest BCUT2D eigenvalue weighted by atomic mass is 9.95. The van der Waals surface area contributed by atoms with Crippen molar-refractivity contribution in [1.29, 1.82) is 0 Å². The maximum Gasteiger partial charge on any atom is 0.221 e. The molecule has 1 saturated heterocycles. The number of halogens is 1. The summed E-state index contributed by atoms with van der Waals surface area (Å²) in [5.41, 5.74) is 1.57. The number of aromatic nitrogens is 1. The van der Waals surface area contributed by atoms with E-state index in [2.05, 4.69) is 15.6 Å². The third kappa shape index (κ3) is 5.16. The number of carbonyl (C=O) groups is 1. The van der Waals surface area contributed by atoms with Crippen LogP contribution in [0.15, 0.2) is 47.0 Å². The minimum Gasteiger partial charge on any atom is -0.507 e. The molecule has 0 aliphatic carbocycles. The number of aromatic hydroxyl groups is 1. The van der Waals surface area contributed by atoms with Gasteiger partial charge in [0.1, 0.15) is 11.6 Å². The average molecular weight is 438 g/mol. The predicted octanol–water partition coefficient (Wildman–Crippen LogP) is 5.13. The molecular weight excluding hydrogens is 409 g/mol. The topological polar surface area (TPSA) is 87.4 Å². The lowest BCUT2D eigenvalue weighted by molar-refractivity contribution is -0.114. The molecule has 7 heteroatoms. The van der Waals surface area contributed by atoms with Crippen molar-refractivity contribution in [1.82, 2.24) is 10.3 Å². The van der Waals surface area contributed by atoms with Crippen LogP contribution >= 0.6 is 0 Å². The SMILES string of the molecule is CC(=O)Nc1ccc(-c2cccc(-c3cnc(CCC4CCCNCC4)o3)c2O)cc1F. The van der Waals surface area contributed by atoms with Gasteiger partial charge in [0.05, 0.1) is 17.4 Å². The van der Waals surface area contributed by atoms with E-state index in [1.165, 1.54) is 38.3 Å². The molecule has 1 aromatic heterocycles. The molecule has 32 heavy (non-hydrogen) atoms. The Bertz CT molecular complexity index is 1090. The largest absolute Gasteiger partial charge is 0.507 e. The number of hydrogen-bond donors (Lipinski definition) is 3. The van der Waals surface area contributed by atoms with Crippen molar-refractivity contribution in [2.45, 2.75) is 39.0 Å². The number of rotatable bonds is 6. The first-order valence-corrected chi connectivity index (χ1v) is 11.1. The third-order valence-electron chi connectivity index (χ3n) is 5.91. The van der Waals surface area contributed by atoms with Gasteiger partial charge in [-0.3, -0.25) is 4.79 Å². The van der Waals surface area contributed by atoms with Crippen molar-refractivity contribution in [3.8, 4) is 28.2 Å². The first kappa shape index (κ1) is 22.0. The van der Waals surface area contributed by atoms with E-state index >= 15 is 0 Å². The Morgan fingerprint density at radius 2 is 2.09 bits per heavy atom. The van der Waals surface area contributed by atoms with E-state index in [4.69, 9.17) is 4.42 Å². The molecule has 4 rings (SSSR count). The van der Waals surface area contributed by atoms with E-state index in [0.717, 1.165) is 25.9 Å². The number of amides is 1. The molecule has 1 fully saturated rings. The minimum absolute atomic E-state index is 0.00304. The Kier molecular flexibility index (Phi) is 6.85. The van der Waals surface area contributed by atoms with Crippen LogP contribution in [0.1, 0.15) is 38.5 Å². The van der Waals surface area contributed by atoms with Crippen LogP contribution < -0.4 is 10.6 Å². The number of nitrogens with zero attached hydrogens (tertiary/aromatic N) is 1.